The molecule has 136 valence electrons. The van der Waals surface area contributed by atoms with Gasteiger partial charge in [0, 0.05) is 11.8 Å². The quantitative estimate of drug-likeness (QED) is 0.836. The van der Waals surface area contributed by atoms with E-state index in [9.17, 15) is 22.8 Å². The third-order valence-electron chi connectivity index (χ3n) is 3.75. The lowest BCUT2D eigenvalue weighted by Gasteiger charge is -2.19. The van der Waals surface area contributed by atoms with Crippen LogP contribution in [0.5, 0.6) is 11.5 Å². The van der Waals surface area contributed by atoms with Crippen LogP contribution in [0.1, 0.15) is 11.1 Å². The number of hydrogen-bond donors (Lipinski definition) is 1. The summed E-state index contributed by atoms with van der Waals surface area (Å²) in [5.41, 5.74) is -0.827. The van der Waals surface area contributed by atoms with E-state index in [2.05, 4.69) is 5.32 Å². The molecule has 3 amide bonds. The number of carbonyl (C=O) groups excluding carboxylic acids is 2. The number of alkyl halides is 3. The van der Waals surface area contributed by atoms with Gasteiger partial charge in [-0.05, 0) is 36.8 Å². The van der Waals surface area contributed by atoms with Crippen molar-refractivity contribution in [2.45, 2.75) is 13.1 Å². The molecule has 0 radical (unpaired) electrons. The van der Waals surface area contributed by atoms with Crippen molar-refractivity contribution in [2.75, 3.05) is 17.0 Å². The number of hydrogen-bond acceptors (Lipinski definition) is 4. The molecule has 0 saturated heterocycles. The van der Waals surface area contributed by atoms with Crippen LogP contribution in [0.25, 0.3) is 0 Å². The Labute approximate surface area is 146 Å². The molecule has 2 aromatic rings. The van der Waals surface area contributed by atoms with Gasteiger partial charge >= 0.3 is 12.2 Å². The van der Waals surface area contributed by atoms with Gasteiger partial charge in [0.15, 0.2) is 11.5 Å². The summed E-state index contributed by atoms with van der Waals surface area (Å²) in [5.74, 6) is 0.916. The van der Waals surface area contributed by atoms with E-state index in [1.165, 1.54) is 31.2 Å². The number of ether oxygens (including phenoxy) is 2. The van der Waals surface area contributed by atoms with Crippen molar-refractivity contribution in [3.63, 3.8) is 0 Å². The highest BCUT2D eigenvalue weighted by molar-refractivity contribution is 6.12. The first kappa shape index (κ1) is 17.6. The van der Waals surface area contributed by atoms with Crippen LogP contribution in [0.15, 0.2) is 36.4 Å². The van der Waals surface area contributed by atoms with Gasteiger partial charge < -0.3 is 14.8 Å². The number of rotatable bonds is 3. The molecule has 1 aliphatic heterocycles. The number of fused-ring (bicyclic) bond motifs is 1. The molecule has 9 heteroatoms. The van der Waals surface area contributed by atoms with Crippen molar-refractivity contribution in [3.8, 4) is 11.5 Å². The maximum Gasteiger partial charge on any atom is 0.416 e. The van der Waals surface area contributed by atoms with E-state index >= 15 is 0 Å². The van der Waals surface area contributed by atoms with Gasteiger partial charge in [0.25, 0.3) is 0 Å². The van der Waals surface area contributed by atoms with E-state index in [-0.39, 0.29) is 24.5 Å². The van der Waals surface area contributed by atoms with Crippen LogP contribution in [0, 0.1) is 6.92 Å². The van der Waals surface area contributed by atoms with Crippen LogP contribution in [0.2, 0.25) is 0 Å². The van der Waals surface area contributed by atoms with E-state index in [1.54, 1.807) is 6.07 Å². The largest absolute Gasteiger partial charge is 0.454 e. The SMILES string of the molecule is Cc1ccc(N(C=O)C(=O)Nc2ccc3c(c2)OCO3)cc1C(F)(F)F. The number of aryl methyl sites for hydroxylation is 1. The molecule has 0 bridgehead atoms. The first-order valence-electron chi connectivity index (χ1n) is 7.42. The summed E-state index contributed by atoms with van der Waals surface area (Å²) < 4.78 is 49.4. The van der Waals surface area contributed by atoms with E-state index in [0.29, 0.717) is 22.1 Å². The Morgan fingerprint density at radius 3 is 2.58 bits per heavy atom. The number of nitrogens with one attached hydrogen (secondary N) is 1. The van der Waals surface area contributed by atoms with Gasteiger partial charge in [-0.15, -0.1) is 0 Å². The van der Waals surface area contributed by atoms with Crippen LogP contribution in [0.4, 0.5) is 29.3 Å². The molecule has 0 spiro atoms. The molecule has 0 fully saturated rings. The Morgan fingerprint density at radius 1 is 1.15 bits per heavy atom. The topological polar surface area (TPSA) is 67.9 Å². The summed E-state index contributed by atoms with van der Waals surface area (Å²) >= 11 is 0. The van der Waals surface area contributed by atoms with Gasteiger partial charge in [-0.3, -0.25) is 4.79 Å². The fraction of sp³-hybridized carbons (Fsp3) is 0.176. The highest BCUT2D eigenvalue weighted by Crippen LogP contribution is 2.35. The Balaban J connectivity index is 1.84. The zero-order valence-corrected chi connectivity index (χ0v) is 13.5. The van der Waals surface area contributed by atoms with Crippen LogP contribution in [0.3, 0.4) is 0 Å². The molecular formula is C17H13F3N2O4. The van der Waals surface area contributed by atoms with Crippen molar-refractivity contribution in [2.24, 2.45) is 0 Å². The van der Waals surface area contributed by atoms with Crippen molar-refractivity contribution in [3.05, 3.63) is 47.5 Å². The van der Waals surface area contributed by atoms with Crippen molar-refractivity contribution < 1.29 is 32.2 Å². The van der Waals surface area contributed by atoms with Crippen LogP contribution >= 0.6 is 0 Å². The average Bonchev–Trinajstić information content (AvgIpc) is 3.03. The molecular weight excluding hydrogens is 353 g/mol. The van der Waals surface area contributed by atoms with Crippen LogP contribution < -0.4 is 19.7 Å². The number of imide groups is 1. The van der Waals surface area contributed by atoms with E-state index in [4.69, 9.17) is 9.47 Å². The lowest BCUT2D eigenvalue weighted by molar-refractivity contribution is -0.138. The van der Waals surface area contributed by atoms with Gasteiger partial charge in [0.05, 0.1) is 11.3 Å². The first-order valence-corrected chi connectivity index (χ1v) is 7.42. The van der Waals surface area contributed by atoms with Crippen molar-refractivity contribution >= 4 is 23.8 Å². The number of halogens is 3. The van der Waals surface area contributed by atoms with Gasteiger partial charge in [0.2, 0.25) is 13.2 Å². The summed E-state index contributed by atoms with van der Waals surface area (Å²) in [6.45, 7) is 1.35. The lowest BCUT2D eigenvalue weighted by Crippen LogP contribution is -2.34. The first-order chi connectivity index (χ1) is 12.3. The summed E-state index contributed by atoms with van der Waals surface area (Å²) in [4.78, 5) is 24.2. The minimum absolute atomic E-state index is 0.0109. The number of urea groups is 1. The number of amides is 3. The zero-order chi connectivity index (χ0) is 18.9. The Morgan fingerprint density at radius 2 is 1.88 bits per heavy atom. The molecule has 3 rings (SSSR count). The molecule has 2 aromatic carbocycles. The highest BCUT2D eigenvalue weighted by Gasteiger charge is 2.33. The molecule has 0 aromatic heterocycles. The van der Waals surface area contributed by atoms with Crippen LogP contribution in [-0.4, -0.2) is 19.2 Å². The fourth-order valence-electron chi connectivity index (χ4n) is 2.45. The van der Waals surface area contributed by atoms with Gasteiger partial charge in [0.1, 0.15) is 0 Å². The molecule has 0 aliphatic carbocycles. The summed E-state index contributed by atoms with van der Waals surface area (Å²) in [6, 6.07) is 6.88. The van der Waals surface area contributed by atoms with E-state index in [1.807, 2.05) is 0 Å². The lowest BCUT2D eigenvalue weighted by atomic mass is 10.1. The van der Waals surface area contributed by atoms with Crippen molar-refractivity contribution in [1.82, 2.24) is 0 Å². The van der Waals surface area contributed by atoms with Crippen LogP contribution in [-0.2, 0) is 11.0 Å². The normalized spacial score (nSPS) is 12.6. The predicted octanol–water partition coefficient (Wildman–Crippen LogP) is 3.94. The number of carbonyl (C=O) groups is 2. The number of nitrogens with zero attached hydrogens (tertiary/aromatic N) is 1. The van der Waals surface area contributed by atoms with Gasteiger partial charge in [-0.1, -0.05) is 6.07 Å². The van der Waals surface area contributed by atoms with Gasteiger partial charge in [-0.25, -0.2) is 9.69 Å². The summed E-state index contributed by atoms with van der Waals surface area (Å²) in [6.07, 6.45) is -4.45. The summed E-state index contributed by atoms with van der Waals surface area (Å²) in [7, 11) is 0. The Kier molecular flexibility index (Phi) is 4.45. The highest BCUT2D eigenvalue weighted by atomic mass is 19.4. The molecule has 1 heterocycles. The number of benzene rings is 2. The Bertz CT molecular complexity index is 868. The second kappa shape index (κ2) is 6.58. The summed E-state index contributed by atoms with van der Waals surface area (Å²) in [5, 5.41) is 2.43. The smallest absolute Gasteiger partial charge is 0.416 e. The average molecular weight is 366 g/mol. The minimum Gasteiger partial charge on any atom is -0.454 e. The third kappa shape index (κ3) is 3.41. The fourth-order valence-corrected chi connectivity index (χ4v) is 2.45. The molecule has 0 saturated carbocycles. The second-order valence-corrected chi connectivity index (χ2v) is 5.47. The molecule has 1 aliphatic rings. The molecule has 6 nitrogen and oxygen atoms in total. The maximum absolute atomic E-state index is 13.0. The third-order valence-corrected chi connectivity index (χ3v) is 3.75. The van der Waals surface area contributed by atoms with E-state index in [0.717, 1.165) is 6.07 Å². The van der Waals surface area contributed by atoms with E-state index < -0.39 is 17.8 Å². The molecule has 0 atom stereocenters. The maximum atomic E-state index is 13.0. The Hall–Kier alpha value is -3.23. The standard InChI is InChI=1S/C17H13F3N2O4/c1-10-2-4-12(7-13(10)17(18,19)20)22(8-23)16(24)21-11-3-5-14-15(6-11)26-9-25-14/h2-8H,9H2,1H3,(H,21,24). The van der Waals surface area contributed by atoms with Gasteiger partial charge in [-0.2, -0.15) is 13.2 Å². The molecule has 1 N–H and O–H groups in total. The molecule has 0 unspecified atom stereocenters. The zero-order valence-electron chi connectivity index (χ0n) is 13.5. The molecule has 26 heavy (non-hydrogen) atoms. The monoisotopic (exact) mass is 366 g/mol. The predicted molar refractivity (Wildman–Crippen MR) is 86.3 cm³/mol. The number of anilines is 2. The van der Waals surface area contributed by atoms with Crippen molar-refractivity contribution in [1.29, 1.82) is 0 Å². The second-order valence-electron chi connectivity index (χ2n) is 5.47. The minimum atomic E-state index is -4.59.